The van der Waals surface area contributed by atoms with Gasteiger partial charge in [-0.05, 0) is 25.7 Å². The smallest absolute Gasteiger partial charge is 0.145 e. The summed E-state index contributed by atoms with van der Waals surface area (Å²) in [5.41, 5.74) is 6.32. The Morgan fingerprint density at radius 2 is 2.09 bits per heavy atom. The van der Waals surface area contributed by atoms with Crippen molar-refractivity contribution in [2.45, 2.75) is 31.7 Å². The number of nitrogens with zero attached hydrogens (tertiary/aromatic N) is 2. The quantitative estimate of drug-likeness (QED) is 0.587. The number of hydrogen-bond donors (Lipinski definition) is 2. The van der Waals surface area contributed by atoms with Crippen molar-refractivity contribution in [2.75, 3.05) is 51.5 Å². The number of anilines is 1. The Morgan fingerprint density at radius 1 is 1.22 bits per heavy atom. The third-order valence-corrected chi connectivity index (χ3v) is 3.55. The molecule has 0 aromatic carbocycles. The Balaban J connectivity index is 1.60. The standard InChI is InChI=1S/C16H28N4O3/c17-5-8-22-10-9-21-6-1-3-14-11-18-12-16(19-14)20-15-4-2-7-23-13-15/h11-12,15H,1-10,13,17H2,(H,19,20). The maximum absolute atomic E-state index is 5.51. The minimum Gasteiger partial charge on any atom is -0.379 e. The van der Waals surface area contributed by atoms with Gasteiger partial charge in [-0.2, -0.15) is 0 Å². The van der Waals surface area contributed by atoms with E-state index in [9.17, 15) is 0 Å². The fourth-order valence-corrected chi connectivity index (χ4v) is 2.42. The third kappa shape index (κ3) is 7.69. The summed E-state index contributed by atoms with van der Waals surface area (Å²) in [5, 5.41) is 3.39. The lowest BCUT2D eigenvalue weighted by Crippen LogP contribution is -2.30. The zero-order chi connectivity index (χ0) is 16.2. The number of aromatic nitrogens is 2. The molecule has 1 saturated heterocycles. The van der Waals surface area contributed by atoms with E-state index >= 15 is 0 Å². The van der Waals surface area contributed by atoms with E-state index in [1.807, 2.05) is 6.20 Å². The van der Waals surface area contributed by atoms with Crippen LogP contribution in [0.3, 0.4) is 0 Å². The lowest BCUT2D eigenvalue weighted by Gasteiger charge is -2.23. The summed E-state index contributed by atoms with van der Waals surface area (Å²) in [7, 11) is 0. The Labute approximate surface area is 137 Å². The molecule has 1 aromatic heterocycles. The maximum Gasteiger partial charge on any atom is 0.145 e. The van der Waals surface area contributed by atoms with Gasteiger partial charge in [0.1, 0.15) is 5.82 Å². The highest BCUT2D eigenvalue weighted by molar-refractivity contribution is 5.33. The van der Waals surface area contributed by atoms with Gasteiger partial charge >= 0.3 is 0 Å². The van der Waals surface area contributed by atoms with Crippen LogP contribution in [-0.4, -0.2) is 62.2 Å². The van der Waals surface area contributed by atoms with Crippen LogP contribution in [0.2, 0.25) is 0 Å². The second kappa shape index (κ2) is 11.3. The molecule has 0 radical (unpaired) electrons. The third-order valence-electron chi connectivity index (χ3n) is 3.55. The number of hydrogen-bond acceptors (Lipinski definition) is 7. The fourth-order valence-electron chi connectivity index (χ4n) is 2.42. The van der Waals surface area contributed by atoms with Crippen molar-refractivity contribution in [1.82, 2.24) is 9.97 Å². The van der Waals surface area contributed by atoms with E-state index in [4.69, 9.17) is 19.9 Å². The van der Waals surface area contributed by atoms with Crippen LogP contribution in [0.1, 0.15) is 25.0 Å². The first kappa shape index (κ1) is 18.1. The molecule has 2 rings (SSSR count). The predicted octanol–water partition coefficient (Wildman–Crippen LogP) is 0.992. The van der Waals surface area contributed by atoms with E-state index in [0.29, 0.717) is 39.0 Å². The molecule has 1 aliphatic heterocycles. The average molecular weight is 324 g/mol. The van der Waals surface area contributed by atoms with Crippen molar-refractivity contribution in [2.24, 2.45) is 5.73 Å². The summed E-state index contributed by atoms with van der Waals surface area (Å²) in [6, 6.07) is 0.338. The lowest BCUT2D eigenvalue weighted by molar-refractivity contribution is 0.0498. The van der Waals surface area contributed by atoms with Gasteiger partial charge in [0.25, 0.3) is 0 Å². The van der Waals surface area contributed by atoms with Gasteiger partial charge in [-0.3, -0.25) is 4.98 Å². The van der Waals surface area contributed by atoms with Gasteiger partial charge in [-0.25, -0.2) is 4.98 Å². The van der Waals surface area contributed by atoms with Crippen molar-refractivity contribution < 1.29 is 14.2 Å². The van der Waals surface area contributed by atoms with Gasteiger partial charge in [0.2, 0.25) is 0 Å². The summed E-state index contributed by atoms with van der Waals surface area (Å²) >= 11 is 0. The Kier molecular flexibility index (Phi) is 8.86. The number of rotatable bonds is 11. The summed E-state index contributed by atoms with van der Waals surface area (Å²) in [6.07, 6.45) is 7.56. The van der Waals surface area contributed by atoms with Gasteiger partial charge in [0, 0.05) is 26.0 Å². The lowest BCUT2D eigenvalue weighted by atomic mass is 10.1. The molecule has 0 amide bonds. The molecule has 1 fully saturated rings. The SMILES string of the molecule is NCCOCCOCCCc1cncc(NC2CCCOC2)n1. The molecule has 1 atom stereocenters. The van der Waals surface area contributed by atoms with Crippen molar-refractivity contribution in [1.29, 1.82) is 0 Å². The normalized spacial score (nSPS) is 18.0. The molecule has 1 aliphatic rings. The zero-order valence-electron chi connectivity index (χ0n) is 13.7. The molecule has 130 valence electrons. The minimum absolute atomic E-state index is 0.338. The molecule has 0 spiro atoms. The zero-order valence-corrected chi connectivity index (χ0v) is 13.7. The Morgan fingerprint density at radius 3 is 2.87 bits per heavy atom. The van der Waals surface area contributed by atoms with E-state index in [2.05, 4.69) is 15.3 Å². The van der Waals surface area contributed by atoms with E-state index < -0.39 is 0 Å². The van der Waals surface area contributed by atoms with Crippen LogP contribution in [0, 0.1) is 0 Å². The monoisotopic (exact) mass is 324 g/mol. The van der Waals surface area contributed by atoms with Crippen molar-refractivity contribution in [3.05, 3.63) is 18.1 Å². The second-order valence-corrected chi connectivity index (χ2v) is 5.57. The average Bonchev–Trinajstić information content (AvgIpc) is 2.58. The number of aryl methyl sites for hydroxylation is 1. The first-order chi connectivity index (χ1) is 11.4. The largest absolute Gasteiger partial charge is 0.379 e. The van der Waals surface area contributed by atoms with Crippen LogP contribution < -0.4 is 11.1 Å². The minimum atomic E-state index is 0.338. The molecule has 1 unspecified atom stereocenters. The second-order valence-electron chi connectivity index (χ2n) is 5.57. The van der Waals surface area contributed by atoms with E-state index in [1.165, 1.54) is 0 Å². The number of nitrogens with two attached hydrogens (primary N) is 1. The highest BCUT2D eigenvalue weighted by Gasteiger charge is 2.14. The van der Waals surface area contributed by atoms with E-state index in [0.717, 1.165) is 50.4 Å². The van der Waals surface area contributed by atoms with Crippen LogP contribution in [0.4, 0.5) is 5.82 Å². The van der Waals surface area contributed by atoms with Crippen LogP contribution >= 0.6 is 0 Å². The predicted molar refractivity (Wildman–Crippen MR) is 88.5 cm³/mol. The van der Waals surface area contributed by atoms with E-state index in [1.54, 1.807) is 6.20 Å². The van der Waals surface area contributed by atoms with Crippen molar-refractivity contribution in [3.8, 4) is 0 Å². The van der Waals surface area contributed by atoms with Crippen molar-refractivity contribution >= 4 is 5.82 Å². The maximum atomic E-state index is 5.51. The molecular weight excluding hydrogens is 296 g/mol. The number of ether oxygens (including phenoxy) is 3. The fraction of sp³-hybridized carbons (Fsp3) is 0.750. The topological polar surface area (TPSA) is 91.5 Å². The summed E-state index contributed by atoms with van der Waals surface area (Å²) in [4.78, 5) is 8.86. The molecule has 1 aromatic rings. The van der Waals surface area contributed by atoms with Gasteiger partial charge in [-0.15, -0.1) is 0 Å². The molecule has 7 heteroatoms. The molecule has 23 heavy (non-hydrogen) atoms. The number of nitrogens with one attached hydrogen (secondary N) is 1. The van der Waals surface area contributed by atoms with Crippen LogP contribution in [-0.2, 0) is 20.6 Å². The summed E-state index contributed by atoms with van der Waals surface area (Å²) < 4.78 is 16.2. The summed E-state index contributed by atoms with van der Waals surface area (Å²) in [5.74, 6) is 0.828. The molecular formula is C16H28N4O3. The van der Waals surface area contributed by atoms with Gasteiger partial charge in [0.15, 0.2) is 0 Å². The molecule has 0 bridgehead atoms. The van der Waals surface area contributed by atoms with Crippen molar-refractivity contribution in [3.63, 3.8) is 0 Å². The molecule has 0 aliphatic carbocycles. The Bertz CT molecular complexity index is 428. The Hall–Kier alpha value is -1.28. The van der Waals surface area contributed by atoms with Crippen LogP contribution in [0.25, 0.3) is 0 Å². The van der Waals surface area contributed by atoms with Crippen LogP contribution in [0.5, 0.6) is 0 Å². The molecule has 0 saturated carbocycles. The molecule has 7 nitrogen and oxygen atoms in total. The van der Waals surface area contributed by atoms with Gasteiger partial charge in [0.05, 0.1) is 44.4 Å². The van der Waals surface area contributed by atoms with Gasteiger partial charge in [-0.1, -0.05) is 0 Å². The van der Waals surface area contributed by atoms with E-state index in [-0.39, 0.29) is 0 Å². The molecule has 2 heterocycles. The first-order valence-corrected chi connectivity index (χ1v) is 8.39. The van der Waals surface area contributed by atoms with Gasteiger partial charge < -0.3 is 25.3 Å². The molecule has 3 N–H and O–H groups in total. The van der Waals surface area contributed by atoms with Crippen LogP contribution in [0.15, 0.2) is 12.4 Å². The highest BCUT2D eigenvalue weighted by Crippen LogP contribution is 2.12. The highest BCUT2D eigenvalue weighted by atomic mass is 16.5. The summed E-state index contributed by atoms with van der Waals surface area (Å²) in [6.45, 7) is 4.64. The first-order valence-electron chi connectivity index (χ1n) is 8.39.